The first-order valence-corrected chi connectivity index (χ1v) is 16.2. The Labute approximate surface area is 262 Å². The number of nitrogens with one attached hydrogen (secondary N) is 1. The molecule has 1 N–H and O–H groups in total. The highest BCUT2D eigenvalue weighted by Crippen LogP contribution is 2.41. The quantitative estimate of drug-likeness (QED) is 0.121. The van der Waals surface area contributed by atoms with E-state index in [9.17, 15) is 4.79 Å². The second-order valence-electron chi connectivity index (χ2n) is 11.5. The molecule has 0 atom stereocenters. The predicted octanol–water partition coefficient (Wildman–Crippen LogP) is 11.5. The number of nitrogens with zero attached hydrogens (tertiary/aromatic N) is 1. The van der Waals surface area contributed by atoms with Gasteiger partial charge in [0, 0.05) is 38.8 Å². The number of rotatable bonds is 10. The van der Waals surface area contributed by atoms with E-state index in [-0.39, 0.29) is 5.91 Å². The van der Waals surface area contributed by atoms with Crippen molar-refractivity contribution >= 4 is 60.0 Å². The van der Waals surface area contributed by atoms with Crippen LogP contribution in [-0.4, -0.2) is 10.9 Å². The van der Waals surface area contributed by atoms with E-state index >= 15 is 0 Å². The van der Waals surface area contributed by atoms with Crippen LogP contribution in [0.4, 0.5) is 5.69 Å². The van der Waals surface area contributed by atoms with Crippen LogP contribution in [0.1, 0.15) is 57.9 Å². The number of anilines is 1. The summed E-state index contributed by atoms with van der Waals surface area (Å²) in [5, 5.41) is 8.46. The molecule has 0 unspecified atom stereocenters. The number of benzene rings is 5. The van der Waals surface area contributed by atoms with Crippen molar-refractivity contribution in [3.05, 3.63) is 107 Å². The van der Waals surface area contributed by atoms with Crippen molar-refractivity contribution in [1.29, 1.82) is 0 Å². The third-order valence-electron chi connectivity index (χ3n) is 8.36. The van der Waals surface area contributed by atoms with E-state index in [1.165, 1.54) is 44.1 Å². The number of amides is 1. The number of carbonyl (C=O) groups is 1. The van der Waals surface area contributed by atoms with Gasteiger partial charge in [-0.25, -0.2) is 4.98 Å². The zero-order valence-electron chi connectivity index (χ0n) is 24.9. The topological polar surface area (TPSA) is 42.0 Å². The molecule has 6 rings (SSSR count). The number of unbranched alkanes of at least 4 members (excludes halogenated alkanes) is 5. The largest absolute Gasteiger partial charge is 0.326 e. The van der Waals surface area contributed by atoms with Gasteiger partial charge in [0.2, 0.25) is 5.91 Å². The van der Waals surface area contributed by atoms with Gasteiger partial charge < -0.3 is 5.32 Å². The zero-order chi connectivity index (χ0) is 29.8. The first-order valence-electron chi connectivity index (χ1n) is 15.4. The van der Waals surface area contributed by atoms with Crippen LogP contribution in [0, 0.1) is 0 Å². The second kappa shape index (κ2) is 13.1. The monoisotopic (exact) mass is 628 g/mol. The van der Waals surface area contributed by atoms with Crippen molar-refractivity contribution in [2.45, 2.75) is 58.8 Å². The van der Waals surface area contributed by atoms with Gasteiger partial charge in [-0.2, -0.15) is 0 Å². The summed E-state index contributed by atoms with van der Waals surface area (Å²) in [6.45, 7) is 3.81. The molecule has 1 aromatic heterocycles. The first kappa shape index (κ1) is 29.1. The average molecular weight is 630 g/mol. The van der Waals surface area contributed by atoms with Crippen LogP contribution < -0.4 is 5.32 Å². The summed E-state index contributed by atoms with van der Waals surface area (Å²) in [5.74, 6) is -0.0788. The van der Waals surface area contributed by atoms with Gasteiger partial charge in [0.05, 0.1) is 11.2 Å². The molecule has 43 heavy (non-hydrogen) atoms. The lowest BCUT2D eigenvalue weighted by atomic mass is 9.92. The Morgan fingerprint density at radius 3 is 2.12 bits per heavy atom. The molecular formula is C39H37BrN2O. The second-order valence-corrected chi connectivity index (χ2v) is 12.3. The Morgan fingerprint density at radius 2 is 1.37 bits per heavy atom. The number of fused-ring (bicyclic) bond motifs is 4. The van der Waals surface area contributed by atoms with E-state index in [4.69, 9.17) is 4.98 Å². The number of halogens is 1. The van der Waals surface area contributed by atoms with Crippen LogP contribution in [0.5, 0.6) is 0 Å². The Balaban J connectivity index is 1.47. The van der Waals surface area contributed by atoms with Crippen molar-refractivity contribution in [1.82, 2.24) is 4.98 Å². The summed E-state index contributed by atoms with van der Waals surface area (Å²) in [6.07, 6.45) is 8.98. The van der Waals surface area contributed by atoms with Crippen LogP contribution in [0.3, 0.4) is 0 Å². The van der Waals surface area contributed by atoms with Crippen molar-refractivity contribution in [3.8, 4) is 22.4 Å². The molecule has 0 aliphatic carbocycles. The van der Waals surface area contributed by atoms with E-state index in [0.29, 0.717) is 0 Å². The van der Waals surface area contributed by atoms with Crippen molar-refractivity contribution < 1.29 is 4.79 Å². The fourth-order valence-electron chi connectivity index (χ4n) is 6.16. The molecule has 6 aromatic rings. The first-order chi connectivity index (χ1) is 21.0. The molecule has 0 spiro atoms. The molecule has 1 heterocycles. The lowest BCUT2D eigenvalue weighted by Crippen LogP contribution is -2.06. The fourth-order valence-corrected chi connectivity index (χ4v) is 6.74. The molecule has 0 aliphatic rings. The van der Waals surface area contributed by atoms with E-state index < -0.39 is 0 Å². The zero-order valence-corrected chi connectivity index (χ0v) is 26.5. The molecule has 4 heteroatoms. The summed E-state index contributed by atoms with van der Waals surface area (Å²) in [7, 11) is 0. The highest BCUT2D eigenvalue weighted by atomic mass is 79.9. The maximum Gasteiger partial charge on any atom is 0.221 e. The van der Waals surface area contributed by atoms with E-state index in [1.54, 1.807) is 6.92 Å². The van der Waals surface area contributed by atoms with Gasteiger partial charge in [-0.3, -0.25) is 4.79 Å². The van der Waals surface area contributed by atoms with Gasteiger partial charge in [-0.05, 0) is 58.5 Å². The Kier molecular flexibility index (Phi) is 8.85. The summed E-state index contributed by atoms with van der Waals surface area (Å²) in [4.78, 5) is 17.3. The fraction of sp³-hybridized carbons (Fsp3) is 0.231. The Morgan fingerprint density at radius 1 is 0.698 bits per heavy atom. The van der Waals surface area contributed by atoms with E-state index in [0.717, 1.165) is 71.4 Å². The van der Waals surface area contributed by atoms with E-state index in [1.807, 2.05) is 12.1 Å². The number of aryl methyl sites for hydroxylation is 1. The number of hydrogen-bond acceptors (Lipinski definition) is 2. The highest BCUT2D eigenvalue weighted by molar-refractivity contribution is 9.10. The molecule has 3 nitrogen and oxygen atoms in total. The standard InChI is InChI=1S/C39H37BrN2O/c1-3-4-5-6-7-8-13-27-18-20-28(21-19-27)38-25-34(35-24-36(40)31-15-10-12-17-33(31)39(35)42-38)30-22-23-37(41-26(2)43)32-16-11-9-14-29(30)32/h9-12,14-25H,3-8,13H2,1-2H3,(H,41,43). The summed E-state index contributed by atoms with van der Waals surface area (Å²) in [5.41, 5.74) is 7.48. The SMILES string of the molecule is CCCCCCCCc1ccc(-c2cc(-c3ccc(NC(C)=O)c4ccccc34)c3cc(Br)c4ccccc4c3n2)cc1. The molecule has 0 aliphatic heterocycles. The Hall–Kier alpha value is -4.02. The van der Waals surface area contributed by atoms with Crippen molar-refractivity contribution in [2.75, 3.05) is 5.32 Å². The molecule has 5 aromatic carbocycles. The minimum atomic E-state index is -0.0788. The van der Waals surface area contributed by atoms with Crippen molar-refractivity contribution in [2.24, 2.45) is 0 Å². The molecule has 0 bridgehead atoms. The highest BCUT2D eigenvalue weighted by Gasteiger charge is 2.17. The maximum atomic E-state index is 12.0. The van der Waals surface area contributed by atoms with Crippen LogP contribution in [0.25, 0.3) is 54.8 Å². The maximum absolute atomic E-state index is 12.0. The van der Waals surface area contributed by atoms with Crippen LogP contribution in [-0.2, 0) is 11.2 Å². The van der Waals surface area contributed by atoms with Gasteiger partial charge in [0.1, 0.15) is 0 Å². The summed E-state index contributed by atoms with van der Waals surface area (Å²) >= 11 is 3.85. The average Bonchev–Trinajstić information content (AvgIpc) is 3.03. The van der Waals surface area contributed by atoms with Crippen molar-refractivity contribution in [3.63, 3.8) is 0 Å². The van der Waals surface area contributed by atoms with Gasteiger partial charge in [0.25, 0.3) is 0 Å². The molecule has 0 radical (unpaired) electrons. The summed E-state index contributed by atoms with van der Waals surface area (Å²) < 4.78 is 1.05. The molecule has 0 saturated heterocycles. The van der Waals surface area contributed by atoms with Gasteiger partial charge >= 0.3 is 0 Å². The molecule has 1 amide bonds. The van der Waals surface area contributed by atoms with Gasteiger partial charge in [0.15, 0.2) is 0 Å². The van der Waals surface area contributed by atoms with Crippen LogP contribution in [0.15, 0.2) is 102 Å². The molecule has 216 valence electrons. The predicted molar refractivity (Wildman–Crippen MR) is 187 cm³/mol. The van der Waals surface area contributed by atoms with Crippen LogP contribution in [0.2, 0.25) is 0 Å². The number of hydrogen-bond donors (Lipinski definition) is 1. The molecule has 0 saturated carbocycles. The Bertz CT molecular complexity index is 1930. The minimum Gasteiger partial charge on any atom is -0.326 e. The lowest BCUT2D eigenvalue weighted by Gasteiger charge is -2.17. The number of pyridine rings is 1. The van der Waals surface area contributed by atoms with E-state index in [2.05, 4.69) is 113 Å². The number of aromatic nitrogens is 1. The van der Waals surface area contributed by atoms with Crippen LogP contribution >= 0.6 is 15.9 Å². The van der Waals surface area contributed by atoms with Gasteiger partial charge in [-0.1, -0.05) is 134 Å². The third kappa shape index (κ3) is 6.21. The summed E-state index contributed by atoms with van der Waals surface area (Å²) in [6, 6.07) is 34.3. The lowest BCUT2D eigenvalue weighted by molar-refractivity contribution is -0.114. The third-order valence-corrected chi connectivity index (χ3v) is 9.02. The molecular weight excluding hydrogens is 592 g/mol. The van der Waals surface area contributed by atoms with Gasteiger partial charge in [-0.15, -0.1) is 0 Å². The minimum absolute atomic E-state index is 0.0788. The number of carbonyl (C=O) groups excluding carboxylic acids is 1. The molecule has 0 fully saturated rings. The normalized spacial score (nSPS) is 11.4. The smallest absolute Gasteiger partial charge is 0.221 e.